The zero-order chi connectivity index (χ0) is 19.3. The maximum absolute atomic E-state index is 11.0. The lowest BCUT2D eigenvalue weighted by Gasteiger charge is -2.05. The van der Waals surface area contributed by atoms with Crippen molar-refractivity contribution in [1.82, 2.24) is 9.97 Å². The Hall–Kier alpha value is -3.45. The number of carboxylic acids is 1. The Morgan fingerprint density at radius 1 is 1.07 bits per heavy atom. The van der Waals surface area contributed by atoms with Gasteiger partial charge < -0.3 is 15.2 Å². The second kappa shape index (κ2) is 8.06. The van der Waals surface area contributed by atoms with Gasteiger partial charge >= 0.3 is 5.97 Å². The van der Waals surface area contributed by atoms with E-state index < -0.39 is 5.97 Å². The molecule has 0 radical (unpaired) electrons. The molecule has 0 atom stereocenters. The van der Waals surface area contributed by atoms with Gasteiger partial charge in [0.25, 0.3) is 0 Å². The molecule has 0 amide bonds. The van der Waals surface area contributed by atoms with Gasteiger partial charge in [-0.15, -0.1) is 0 Å². The summed E-state index contributed by atoms with van der Waals surface area (Å²) < 4.78 is 6.77. The van der Waals surface area contributed by atoms with Crippen molar-refractivity contribution in [2.24, 2.45) is 0 Å². The second-order valence-electron chi connectivity index (χ2n) is 6.09. The number of hydrogen-bond acceptors (Lipinski definition) is 6. The molecule has 140 valence electrons. The van der Waals surface area contributed by atoms with Crippen LogP contribution in [0.3, 0.4) is 0 Å². The van der Waals surface area contributed by atoms with Crippen LogP contribution in [-0.4, -0.2) is 27.6 Å². The number of carboxylic acid groups (broad SMARTS) is 1. The molecule has 4 aromatic rings. The molecule has 6 nitrogen and oxygen atoms in total. The van der Waals surface area contributed by atoms with Crippen molar-refractivity contribution in [2.75, 3.05) is 11.9 Å². The zero-order valence-corrected chi connectivity index (χ0v) is 15.6. The van der Waals surface area contributed by atoms with Crippen LogP contribution in [0.1, 0.15) is 16.1 Å². The molecule has 0 saturated carbocycles. The average molecular weight is 391 g/mol. The molecule has 0 aliphatic rings. The van der Waals surface area contributed by atoms with E-state index in [0.717, 1.165) is 28.3 Å². The highest BCUT2D eigenvalue weighted by Crippen LogP contribution is 2.31. The second-order valence-corrected chi connectivity index (χ2v) is 7.13. The van der Waals surface area contributed by atoms with Crippen LogP contribution >= 0.6 is 11.3 Å². The van der Waals surface area contributed by atoms with E-state index in [2.05, 4.69) is 27.4 Å². The minimum atomic E-state index is -1.09. The molecule has 2 N–H and O–H groups in total. The van der Waals surface area contributed by atoms with E-state index >= 15 is 0 Å². The van der Waals surface area contributed by atoms with Gasteiger partial charge in [-0.3, -0.25) is 0 Å². The molecule has 0 unspecified atom stereocenters. The lowest BCUT2D eigenvalue weighted by molar-refractivity contribution is 0.0690. The third-order valence-electron chi connectivity index (χ3n) is 4.08. The Morgan fingerprint density at radius 2 is 1.89 bits per heavy atom. The number of anilines is 1. The first kappa shape index (κ1) is 17.9. The first-order valence-corrected chi connectivity index (χ1v) is 9.54. The van der Waals surface area contributed by atoms with Gasteiger partial charge in [0, 0.05) is 24.9 Å². The standard InChI is InChI=1S/C21H17N3O3S/c25-20(26)18-12-16(9-11-22-18)27-15-6-7-17-19(13-15)28-21(24-17)23-10-8-14-4-2-1-3-5-14/h1-7,9,11-13H,8,10H2,(H,23,24)(H,25,26). The summed E-state index contributed by atoms with van der Waals surface area (Å²) in [5.41, 5.74) is 2.12. The number of nitrogens with zero attached hydrogens (tertiary/aromatic N) is 2. The van der Waals surface area contributed by atoms with Crippen molar-refractivity contribution in [3.8, 4) is 11.5 Å². The van der Waals surface area contributed by atoms with E-state index in [0.29, 0.717) is 11.5 Å². The quantitative estimate of drug-likeness (QED) is 0.469. The van der Waals surface area contributed by atoms with Crippen LogP contribution in [0.4, 0.5) is 5.13 Å². The maximum atomic E-state index is 11.0. The number of rotatable bonds is 7. The first-order chi connectivity index (χ1) is 13.7. The number of hydrogen-bond donors (Lipinski definition) is 2. The predicted molar refractivity (Wildman–Crippen MR) is 110 cm³/mol. The molecule has 0 fully saturated rings. The predicted octanol–water partition coefficient (Wildman–Crippen LogP) is 4.84. The van der Waals surface area contributed by atoms with Gasteiger partial charge in [0.1, 0.15) is 11.5 Å². The Labute approximate surface area is 165 Å². The highest BCUT2D eigenvalue weighted by molar-refractivity contribution is 7.22. The molecule has 2 aromatic heterocycles. The number of carbonyl (C=O) groups is 1. The van der Waals surface area contributed by atoms with Gasteiger partial charge in [0.15, 0.2) is 10.8 Å². The normalized spacial score (nSPS) is 10.7. The fraction of sp³-hybridized carbons (Fsp3) is 0.0952. The lowest BCUT2D eigenvalue weighted by atomic mass is 10.2. The number of nitrogens with one attached hydrogen (secondary N) is 1. The largest absolute Gasteiger partial charge is 0.477 e. The topological polar surface area (TPSA) is 84.3 Å². The van der Waals surface area contributed by atoms with E-state index in [9.17, 15) is 4.79 Å². The van der Waals surface area contributed by atoms with Crippen molar-refractivity contribution in [2.45, 2.75) is 6.42 Å². The molecule has 4 rings (SSSR count). The molecule has 0 aliphatic carbocycles. The molecule has 0 spiro atoms. The third-order valence-corrected chi connectivity index (χ3v) is 5.05. The molecular weight excluding hydrogens is 374 g/mol. The van der Waals surface area contributed by atoms with Gasteiger partial charge in [0.2, 0.25) is 0 Å². The molecule has 2 heterocycles. The Morgan fingerprint density at radius 3 is 2.71 bits per heavy atom. The summed E-state index contributed by atoms with van der Waals surface area (Å²) in [6.45, 7) is 0.808. The number of benzene rings is 2. The van der Waals surface area contributed by atoms with Gasteiger partial charge in [-0.1, -0.05) is 41.7 Å². The summed E-state index contributed by atoms with van der Waals surface area (Å²) in [5, 5.41) is 13.3. The van der Waals surface area contributed by atoms with Crippen LogP contribution in [0, 0.1) is 0 Å². The van der Waals surface area contributed by atoms with Gasteiger partial charge in [-0.05, 0) is 30.2 Å². The summed E-state index contributed by atoms with van der Waals surface area (Å²) >= 11 is 1.56. The molecule has 28 heavy (non-hydrogen) atoms. The van der Waals surface area contributed by atoms with Crippen molar-refractivity contribution in [3.05, 3.63) is 78.1 Å². The Kier molecular flexibility index (Phi) is 5.16. The highest BCUT2D eigenvalue weighted by atomic mass is 32.1. The highest BCUT2D eigenvalue weighted by Gasteiger charge is 2.08. The lowest BCUT2D eigenvalue weighted by Crippen LogP contribution is -2.04. The van der Waals surface area contributed by atoms with E-state index in [4.69, 9.17) is 9.84 Å². The Bertz CT molecular complexity index is 1110. The summed E-state index contributed by atoms with van der Waals surface area (Å²) in [4.78, 5) is 19.4. The average Bonchev–Trinajstić information content (AvgIpc) is 3.11. The SMILES string of the molecule is O=C(O)c1cc(Oc2ccc3nc(NCCc4ccccc4)sc3c2)ccn1. The van der Waals surface area contributed by atoms with E-state index in [1.807, 2.05) is 36.4 Å². The number of ether oxygens (including phenoxy) is 1. The van der Waals surface area contributed by atoms with Crippen LogP contribution in [0.25, 0.3) is 10.2 Å². The summed E-state index contributed by atoms with van der Waals surface area (Å²) in [6.07, 6.45) is 2.35. The van der Waals surface area contributed by atoms with Crippen molar-refractivity contribution in [1.29, 1.82) is 0 Å². The first-order valence-electron chi connectivity index (χ1n) is 8.73. The van der Waals surface area contributed by atoms with Gasteiger partial charge in [-0.25, -0.2) is 14.8 Å². The van der Waals surface area contributed by atoms with Crippen LogP contribution in [-0.2, 0) is 6.42 Å². The number of aromatic nitrogens is 2. The van der Waals surface area contributed by atoms with Crippen LogP contribution < -0.4 is 10.1 Å². The van der Waals surface area contributed by atoms with Gasteiger partial charge in [0.05, 0.1) is 10.2 Å². The zero-order valence-electron chi connectivity index (χ0n) is 14.8. The van der Waals surface area contributed by atoms with Crippen molar-refractivity contribution >= 4 is 32.7 Å². The van der Waals surface area contributed by atoms with Crippen molar-refractivity contribution in [3.63, 3.8) is 0 Å². The van der Waals surface area contributed by atoms with E-state index in [1.165, 1.54) is 17.8 Å². The fourth-order valence-electron chi connectivity index (χ4n) is 2.73. The molecular formula is C21H17N3O3S. The summed E-state index contributed by atoms with van der Waals surface area (Å²) in [6, 6.07) is 18.9. The Balaban J connectivity index is 1.44. The van der Waals surface area contributed by atoms with Gasteiger partial charge in [-0.2, -0.15) is 0 Å². The molecule has 2 aromatic carbocycles. The number of fused-ring (bicyclic) bond motifs is 1. The maximum Gasteiger partial charge on any atom is 0.354 e. The van der Waals surface area contributed by atoms with Crippen LogP contribution in [0.2, 0.25) is 0 Å². The molecule has 0 saturated heterocycles. The molecule has 0 bridgehead atoms. The number of thiazole rings is 1. The monoisotopic (exact) mass is 391 g/mol. The third kappa shape index (κ3) is 4.27. The van der Waals surface area contributed by atoms with E-state index in [-0.39, 0.29) is 5.69 Å². The smallest absolute Gasteiger partial charge is 0.354 e. The number of aromatic carboxylic acids is 1. The summed E-state index contributed by atoms with van der Waals surface area (Å²) in [7, 11) is 0. The minimum absolute atomic E-state index is 0.0544. The minimum Gasteiger partial charge on any atom is -0.477 e. The van der Waals surface area contributed by atoms with E-state index in [1.54, 1.807) is 17.4 Å². The van der Waals surface area contributed by atoms with Crippen LogP contribution in [0.5, 0.6) is 11.5 Å². The van der Waals surface area contributed by atoms with Crippen LogP contribution in [0.15, 0.2) is 66.9 Å². The number of pyridine rings is 1. The summed E-state index contributed by atoms with van der Waals surface area (Å²) in [5.74, 6) is -0.0402. The fourth-order valence-corrected chi connectivity index (χ4v) is 3.65. The van der Waals surface area contributed by atoms with Crippen molar-refractivity contribution < 1.29 is 14.6 Å². The molecule has 7 heteroatoms. The molecule has 0 aliphatic heterocycles.